The molecular formula is C23H21ClN4O2. The Morgan fingerprint density at radius 3 is 2.70 bits per heavy atom. The summed E-state index contributed by atoms with van der Waals surface area (Å²) in [4.78, 5) is 22.3. The number of fused-ring (bicyclic) bond motifs is 1. The molecule has 0 saturated heterocycles. The molecule has 2 N–H and O–H groups in total. The number of para-hydroxylation sites is 2. The van der Waals surface area contributed by atoms with Crippen LogP contribution in [0.25, 0.3) is 11.1 Å². The van der Waals surface area contributed by atoms with E-state index in [-0.39, 0.29) is 11.2 Å². The van der Waals surface area contributed by atoms with E-state index in [1.165, 1.54) is 0 Å². The molecule has 1 aliphatic heterocycles. The fourth-order valence-electron chi connectivity index (χ4n) is 4.14. The number of hydrogen-bond donors (Lipinski definition) is 2. The number of ketones is 1. The molecule has 0 unspecified atom stereocenters. The standard InChI is InChI=1S/C23H21ClN4O2/c1-23(2)11-16-19(17(29)12-23)20(13-7-3-4-8-14(13)24)27-21(25-16)28-22-26-15-9-5-6-10-18(15)30-22/h3-10,20H,11-12H2,1-2H3,(H2,25,26,27,28)/t20-/m0/s1. The summed E-state index contributed by atoms with van der Waals surface area (Å²) in [6, 6.07) is 14.9. The average molecular weight is 421 g/mol. The molecule has 1 aliphatic carbocycles. The van der Waals surface area contributed by atoms with E-state index < -0.39 is 6.04 Å². The fourth-order valence-corrected chi connectivity index (χ4v) is 4.38. The number of anilines is 1. The molecule has 3 aromatic rings. The smallest absolute Gasteiger partial charge is 0.302 e. The number of aliphatic imine (C=N–C) groups is 1. The number of carbonyl (C=O) groups is 1. The number of hydrogen-bond acceptors (Lipinski definition) is 6. The predicted octanol–water partition coefficient (Wildman–Crippen LogP) is 5.24. The van der Waals surface area contributed by atoms with Crippen LogP contribution in [-0.4, -0.2) is 16.7 Å². The molecule has 2 aliphatic rings. The molecule has 152 valence electrons. The summed E-state index contributed by atoms with van der Waals surface area (Å²) >= 11 is 6.48. The summed E-state index contributed by atoms with van der Waals surface area (Å²) in [6.45, 7) is 4.20. The summed E-state index contributed by atoms with van der Waals surface area (Å²) in [6.07, 6.45) is 1.22. The van der Waals surface area contributed by atoms with Gasteiger partial charge in [0.15, 0.2) is 11.4 Å². The lowest BCUT2D eigenvalue weighted by molar-refractivity contribution is -0.118. The molecule has 30 heavy (non-hydrogen) atoms. The molecule has 2 aromatic carbocycles. The number of allylic oxidation sites excluding steroid dienone is 1. The molecule has 0 bridgehead atoms. The van der Waals surface area contributed by atoms with Crippen molar-refractivity contribution < 1.29 is 9.21 Å². The molecule has 0 spiro atoms. The van der Waals surface area contributed by atoms with Gasteiger partial charge in [-0.1, -0.05) is 55.8 Å². The Hall–Kier alpha value is -3.12. The van der Waals surface area contributed by atoms with E-state index in [0.29, 0.717) is 34.6 Å². The van der Waals surface area contributed by atoms with Crippen LogP contribution in [0.15, 0.2) is 69.2 Å². The van der Waals surface area contributed by atoms with Crippen LogP contribution in [0.4, 0.5) is 6.01 Å². The number of guanidine groups is 1. The molecule has 5 rings (SSSR count). The van der Waals surface area contributed by atoms with Crippen LogP contribution >= 0.6 is 11.6 Å². The van der Waals surface area contributed by atoms with Gasteiger partial charge in [0, 0.05) is 22.7 Å². The number of nitrogens with zero attached hydrogens (tertiary/aromatic N) is 2. The molecule has 6 nitrogen and oxygen atoms in total. The molecular weight excluding hydrogens is 400 g/mol. The number of oxazole rings is 1. The van der Waals surface area contributed by atoms with Crippen LogP contribution in [0, 0.1) is 5.41 Å². The number of Topliss-reactive ketones (excluding diaryl/α,β-unsaturated/α-hetero) is 1. The maximum atomic E-state index is 13.1. The first-order valence-electron chi connectivity index (χ1n) is 9.88. The van der Waals surface area contributed by atoms with Crippen molar-refractivity contribution in [3.8, 4) is 0 Å². The quantitative estimate of drug-likeness (QED) is 0.592. The van der Waals surface area contributed by atoms with Crippen molar-refractivity contribution in [3.05, 3.63) is 70.4 Å². The SMILES string of the molecule is CC1(C)CC(=O)C2=C(C1)NC(Nc1nc3ccccc3o1)=N[C@H]2c1ccccc1Cl. The summed E-state index contributed by atoms with van der Waals surface area (Å²) in [5, 5.41) is 7.03. The lowest BCUT2D eigenvalue weighted by Gasteiger charge is -2.37. The highest BCUT2D eigenvalue weighted by atomic mass is 35.5. The lowest BCUT2D eigenvalue weighted by atomic mass is 9.73. The highest BCUT2D eigenvalue weighted by Crippen LogP contribution is 2.44. The van der Waals surface area contributed by atoms with Gasteiger partial charge in [0.25, 0.3) is 0 Å². The highest BCUT2D eigenvalue weighted by Gasteiger charge is 2.40. The van der Waals surface area contributed by atoms with Gasteiger partial charge in [-0.25, -0.2) is 4.99 Å². The van der Waals surface area contributed by atoms with Crippen molar-refractivity contribution in [2.45, 2.75) is 32.7 Å². The molecule has 0 radical (unpaired) electrons. The van der Waals surface area contributed by atoms with Crippen molar-refractivity contribution in [2.75, 3.05) is 5.32 Å². The molecule has 1 atom stereocenters. The van der Waals surface area contributed by atoms with E-state index in [4.69, 9.17) is 21.0 Å². The number of rotatable bonds is 2. The van der Waals surface area contributed by atoms with Crippen molar-refractivity contribution >= 4 is 40.5 Å². The second-order valence-corrected chi connectivity index (χ2v) is 8.88. The average Bonchev–Trinajstić information content (AvgIpc) is 3.08. The third-order valence-electron chi connectivity index (χ3n) is 5.44. The second-order valence-electron chi connectivity index (χ2n) is 8.47. The van der Waals surface area contributed by atoms with Gasteiger partial charge in [-0.3, -0.25) is 10.1 Å². The zero-order valence-corrected chi connectivity index (χ0v) is 17.5. The molecule has 2 heterocycles. The van der Waals surface area contributed by atoms with Gasteiger partial charge in [0.1, 0.15) is 11.6 Å². The number of benzene rings is 2. The Morgan fingerprint density at radius 1 is 1.13 bits per heavy atom. The van der Waals surface area contributed by atoms with E-state index in [0.717, 1.165) is 23.2 Å². The van der Waals surface area contributed by atoms with Gasteiger partial charge < -0.3 is 9.73 Å². The van der Waals surface area contributed by atoms with E-state index in [2.05, 4.69) is 29.5 Å². The van der Waals surface area contributed by atoms with Gasteiger partial charge >= 0.3 is 6.01 Å². The highest BCUT2D eigenvalue weighted by molar-refractivity contribution is 6.31. The van der Waals surface area contributed by atoms with Gasteiger partial charge in [-0.05, 0) is 35.6 Å². The monoisotopic (exact) mass is 420 g/mol. The maximum absolute atomic E-state index is 13.1. The fraction of sp³-hybridized carbons (Fsp3) is 0.261. The zero-order valence-electron chi connectivity index (χ0n) is 16.7. The van der Waals surface area contributed by atoms with E-state index in [1.807, 2.05) is 48.5 Å². The first-order valence-corrected chi connectivity index (χ1v) is 10.3. The van der Waals surface area contributed by atoms with Crippen LogP contribution in [-0.2, 0) is 4.79 Å². The summed E-state index contributed by atoms with van der Waals surface area (Å²) in [7, 11) is 0. The minimum absolute atomic E-state index is 0.100. The van der Waals surface area contributed by atoms with E-state index in [1.54, 1.807) is 0 Å². The zero-order chi connectivity index (χ0) is 20.9. The Labute approximate surface area is 179 Å². The Morgan fingerprint density at radius 2 is 1.90 bits per heavy atom. The maximum Gasteiger partial charge on any atom is 0.302 e. The van der Waals surface area contributed by atoms with Crippen molar-refractivity contribution in [3.63, 3.8) is 0 Å². The first-order chi connectivity index (χ1) is 14.4. The van der Waals surface area contributed by atoms with Crippen molar-refractivity contribution in [1.29, 1.82) is 0 Å². The van der Waals surface area contributed by atoms with Gasteiger partial charge in [-0.2, -0.15) is 4.98 Å². The normalized spacial score (nSPS) is 20.6. The third kappa shape index (κ3) is 3.37. The number of halogens is 1. The molecule has 0 amide bonds. The van der Waals surface area contributed by atoms with Crippen LogP contribution < -0.4 is 10.6 Å². The lowest BCUT2D eigenvalue weighted by Crippen LogP contribution is -2.41. The van der Waals surface area contributed by atoms with Gasteiger partial charge in [-0.15, -0.1) is 0 Å². The van der Waals surface area contributed by atoms with Gasteiger partial charge in [0.2, 0.25) is 5.96 Å². The summed E-state index contributed by atoms with van der Waals surface area (Å²) in [5.74, 6) is 0.582. The molecule has 1 aromatic heterocycles. The third-order valence-corrected chi connectivity index (χ3v) is 5.78. The minimum Gasteiger partial charge on any atom is -0.423 e. The summed E-state index contributed by atoms with van der Waals surface area (Å²) in [5.41, 5.74) is 3.67. The van der Waals surface area contributed by atoms with Crippen molar-refractivity contribution in [1.82, 2.24) is 10.3 Å². The topological polar surface area (TPSA) is 79.5 Å². The van der Waals surface area contributed by atoms with Crippen LogP contribution in [0.2, 0.25) is 5.02 Å². The largest absolute Gasteiger partial charge is 0.423 e. The minimum atomic E-state index is -0.481. The Kier molecular flexibility index (Phi) is 4.40. The molecule has 0 fully saturated rings. The first kappa shape index (κ1) is 18.9. The van der Waals surface area contributed by atoms with Crippen LogP contribution in [0.3, 0.4) is 0 Å². The molecule has 0 saturated carbocycles. The number of carbonyl (C=O) groups excluding carboxylic acids is 1. The van der Waals surface area contributed by atoms with Gasteiger partial charge in [0.05, 0.1) is 0 Å². The predicted molar refractivity (Wildman–Crippen MR) is 117 cm³/mol. The van der Waals surface area contributed by atoms with E-state index in [9.17, 15) is 4.79 Å². The number of nitrogens with one attached hydrogen (secondary N) is 2. The molecule has 7 heteroatoms. The summed E-state index contributed by atoms with van der Waals surface area (Å²) < 4.78 is 5.78. The van der Waals surface area contributed by atoms with Crippen LogP contribution in [0.5, 0.6) is 0 Å². The Bertz CT molecular complexity index is 1190. The Balaban J connectivity index is 1.56. The van der Waals surface area contributed by atoms with Crippen LogP contribution in [0.1, 0.15) is 38.3 Å². The van der Waals surface area contributed by atoms with E-state index >= 15 is 0 Å². The second kappa shape index (κ2) is 6.99. The number of aromatic nitrogens is 1. The van der Waals surface area contributed by atoms with Crippen molar-refractivity contribution in [2.24, 2.45) is 10.4 Å².